The molecule has 0 unspecified atom stereocenters. The van der Waals surface area contributed by atoms with E-state index in [2.05, 4.69) is 15.4 Å². The van der Waals surface area contributed by atoms with Crippen molar-refractivity contribution < 1.29 is 26.4 Å². The summed E-state index contributed by atoms with van der Waals surface area (Å²) in [5.41, 5.74) is 1.98. The van der Waals surface area contributed by atoms with Crippen LogP contribution in [0, 0.1) is 5.41 Å². The zero-order valence-electron chi connectivity index (χ0n) is 22.7. The van der Waals surface area contributed by atoms with Crippen LogP contribution in [-0.4, -0.2) is 70.6 Å². The molecule has 1 saturated heterocycles. The number of nitrogens with two attached hydrogens (primary N) is 1. The van der Waals surface area contributed by atoms with Crippen LogP contribution >= 0.6 is 0 Å². The summed E-state index contributed by atoms with van der Waals surface area (Å²) in [5, 5.41) is 19.0. The molecule has 0 radical (unpaired) electrons. The highest BCUT2D eigenvalue weighted by Gasteiger charge is 2.21. The number of nitrogens with one attached hydrogen (secondary N) is 4. The van der Waals surface area contributed by atoms with E-state index in [9.17, 15) is 26.4 Å². The second kappa shape index (κ2) is 12.7. The van der Waals surface area contributed by atoms with Gasteiger partial charge in [-0.3, -0.25) is 10.2 Å². The van der Waals surface area contributed by atoms with Gasteiger partial charge < -0.3 is 20.4 Å². The monoisotopic (exact) mass is 613 g/mol. The molecule has 1 aliphatic rings. The number of sulfonamides is 2. The summed E-state index contributed by atoms with van der Waals surface area (Å²) < 4.78 is 50.6. The average Bonchev–Trinajstić information content (AvgIpc) is 2.96. The summed E-state index contributed by atoms with van der Waals surface area (Å²) in [6, 6.07) is 17.4. The number of anilines is 2. The van der Waals surface area contributed by atoms with Crippen molar-refractivity contribution in [2.24, 2.45) is 5.14 Å². The molecule has 15 heteroatoms. The minimum Gasteiger partial charge on any atom is -0.353 e. The molecule has 0 aromatic heterocycles. The van der Waals surface area contributed by atoms with E-state index in [0.717, 1.165) is 0 Å². The third-order valence-electron chi connectivity index (χ3n) is 6.58. The van der Waals surface area contributed by atoms with Gasteiger partial charge in [0.1, 0.15) is 5.84 Å². The Morgan fingerprint density at radius 2 is 1.38 bits per heavy atom. The summed E-state index contributed by atoms with van der Waals surface area (Å²) >= 11 is 0. The molecule has 42 heavy (non-hydrogen) atoms. The fourth-order valence-corrected chi connectivity index (χ4v) is 5.77. The molecule has 222 valence electrons. The molecule has 3 amide bonds. The van der Waals surface area contributed by atoms with Crippen molar-refractivity contribution in [3.8, 4) is 0 Å². The number of carbonyl (C=O) groups is 2. The van der Waals surface area contributed by atoms with Crippen molar-refractivity contribution in [3.63, 3.8) is 0 Å². The highest BCUT2D eigenvalue weighted by molar-refractivity contribution is 7.89. The second-order valence-corrected chi connectivity index (χ2v) is 12.9. The summed E-state index contributed by atoms with van der Waals surface area (Å²) in [6.45, 7) is 3.65. The minimum absolute atomic E-state index is 0.0130. The van der Waals surface area contributed by atoms with Crippen molar-refractivity contribution >= 4 is 49.2 Å². The molecule has 0 spiro atoms. The molecule has 6 N–H and O–H groups in total. The maximum atomic E-state index is 12.7. The quantitative estimate of drug-likeness (QED) is 0.189. The number of benzene rings is 3. The lowest BCUT2D eigenvalue weighted by molar-refractivity contribution is -0.130. The Kier molecular flexibility index (Phi) is 9.26. The molecule has 3 aromatic rings. The highest BCUT2D eigenvalue weighted by Crippen LogP contribution is 2.18. The number of hydrogen-bond donors (Lipinski definition) is 5. The molecule has 1 fully saturated rings. The van der Waals surface area contributed by atoms with Crippen LogP contribution < -0.4 is 20.5 Å². The first kappa shape index (κ1) is 30.6. The number of amides is 3. The Morgan fingerprint density at radius 3 is 1.98 bits per heavy atom. The van der Waals surface area contributed by atoms with Gasteiger partial charge in [0.05, 0.1) is 9.79 Å². The number of carbonyl (C=O) groups excluding carboxylic acids is 2. The Labute approximate surface area is 244 Å². The highest BCUT2D eigenvalue weighted by atomic mass is 32.2. The number of hydrogen-bond acceptors (Lipinski definition) is 7. The van der Waals surface area contributed by atoms with Crippen molar-refractivity contribution in [1.82, 2.24) is 14.5 Å². The van der Waals surface area contributed by atoms with Crippen LogP contribution in [0.3, 0.4) is 0 Å². The molecule has 3 aromatic carbocycles. The number of nitrogens with zero attached hydrogens (tertiary/aromatic N) is 2. The van der Waals surface area contributed by atoms with E-state index in [4.69, 9.17) is 10.5 Å². The molecule has 0 bridgehead atoms. The van der Waals surface area contributed by atoms with Gasteiger partial charge in [-0.05, 0) is 54.1 Å². The van der Waals surface area contributed by atoms with Crippen LogP contribution in [-0.2, 0) is 31.4 Å². The maximum absolute atomic E-state index is 12.7. The molecule has 1 heterocycles. The van der Waals surface area contributed by atoms with Gasteiger partial charge in [-0.25, -0.2) is 31.5 Å². The molecule has 13 nitrogen and oxygen atoms in total. The molecular formula is C27H31N7O6S2. The van der Waals surface area contributed by atoms with Crippen LogP contribution in [0.5, 0.6) is 0 Å². The van der Waals surface area contributed by atoms with Gasteiger partial charge in [-0.15, -0.1) is 0 Å². The Hall–Kier alpha value is -4.31. The van der Waals surface area contributed by atoms with E-state index in [1.165, 1.54) is 55.5 Å². The Bertz CT molecular complexity index is 1690. The molecule has 4 rings (SSSR count). The van der Waals surface area contributed by atoms with E-state index >= 15 is 0 Å². The molecular weight excluding hydrogens is 582 g/mol. The van der Waals surface area contributed by atoms with Gasteiger partial charge in [-0.1, -0.05) is 24.3 Å². The summed E-state index contributed by atoms with van der Waals surface area (Å²) in [4.78, 5) is 27.7. The Morgan fingerprint density at radius 1 is 0.810 bits per heavy atom. The SMILES string of the molecule is CC(=O)N1CCN(C(=N)c2cccc(NC(=O)Nc3ccc(S(=O)(=O)NCc4ccc(S(N)(=O)=O)cc4)cc3)c2)CC1. The van der Waals surface area contributed by atoms with E-state index in [1.807, 2.05) is 4.90 Å². The van der Waals surface area contributed by atoms with Crippen LogP contribution in [0.4, 0.5) is 16.2 Å². The van der Waals surface area contributed by atoms with Gasteiger partial charge >= 0.3 is 6.03 Å². The van der Waals surface area contributed by atoms with Gasteiger partial charge in [0.25, 0.3) is 0 Å². The predicted molar refractivity (Wildman–Crippen MR) is 158 cm³/mol. The van der Waals surface area contributed by atoms with E-state index < -0.39 is 26.1 Å². The lowest BCUT2D eigenvalue weighted by Gasteiger charge is -2.35. The van der Waals surface area contributed by atoms with Gasteiger partial charge in [0.2, 0.25) is 26.0 Å². The largest absolute Gasteiger partial charge is 0.353 e. The summed E-state index contributed by atoms with van der Waals surface area (Å²) in [7, 11) is -7.73. The number of primary sulfonamides is 1. The molecule has 1 aliphatic heterocycles. The van der Waals surface area contributed by atoms with E-state index in [-0.39, 0.29) is 22.2 Å². The number of piperazine rings is 1. The molecule has 0 saturated carbocycles. The molecule has 0 aliphatic carbocycles. The first-order valence-corrected chi connectivity index (χ1v) is 15.8. The fraction of sp³-hybridized carbons (Fsp3) is 0.222. The normalized spacial score (nSPS) is 13.9. The second-order valence-electron chi connectivity index (χ2n) is 9.54. The van der Waals surface area contributed by atoms with E-state index in [0.29, 0.717) is 54.5 Å². The first-order valence-electron chi connectivity index (χ1n) is 12.8. The average molecular weight is 614 g/mol. The third-order valence-corrected chi connectivity index (χ3v) is 8.92. The van der Waals surface area contributed by atoms with Crippen LogP contribution in [0.1, 0.15) is 18.1 Å². The standard InChI is InChI=1S/C27H31N7O6S2/c1-19(35)33-13-15-34(16-14-33)26(28)21-3-2-4-23(17-21)32-27(36)31-22-7-11-25(12-8-22)42(39,40)30-18-20-5-9-24(10-6-20)41(29,37)38/h2-12,17,28,30H,13-16,18H2,1H3,(H2,29,37,38)(H2,31,32,36). The lowest BCUT2D eigenvalue weighted by Crippen LogP contribution is -2.50. The van der Waals surface area contributed by atoms with Gasteiger partial charge in [0, 0.05) is 56.6 Å². The van der Waals surface area contributed by atoms with Crippen molar-refractivity contribution in [3.05, 3.63) is 83.9 Å². The van der Waals surface area contributed by atoms with Crippen LogP contribution in [0.2, 0.25) is 0 Å². The van der Waals surface area contributed by atoms with Crippen LogP contribution in [0.15, 0.2) is 82.6 Å². The van der Waals surface area contributed by atoms with Crippen LogP contribution in [0.25, 0.3) is 0 Å². The zero-order chi connectivity index (χ0) is 30.5. The summed E-state index contributed by atoms with van der Waals surface area (Å²) in [6.07, 6.45) is 0. The first-order chi connectivity index (χ1) is 19.8. The van der Waals surface area contributed by atoms with Crippen molar-refractivity contribution in [1.29, 1.82) is 5.41 Å². The fourth-order valence-electron chi connectivity index (χ4n) is 4.24. The maximum Gasteiger partial charge on any atom is 0.323 e. The van der Waals surface area contributed by atoms with Gasteiger partial charge in [0.15, 0.2) is 0 Å². The van der Waals surface area contributed by atoms with Crippen molar-refractivity contribution in [2.45, 2.75) is 23.3 Å². The number of amidine groups is 1. The third kappa shape index (κ3) is 7.91. The number of rotatable bonds is 8. The topological polar surface area (TPSA) is 195 Å². The minimum atomic E-state index is -3.89. The lowest BCUT2D eigenvalue weighted by atomic mass is 10.1. The van der Waals surface area contributed by atoms with Crippen molar-refractivity contribution in [2.75, 3.05) is 36.8 Å². The van der Waals surface area contributed by atoms with Gasteiger partial charge in [-0.2, -0.15) is 0 Å². The smallest absolute Gasteiger partial charge is 0.323 e. The molecule has 0 atom stereocenters. The zero-order valence-corrected chi connectivity index (χ0v) is 24.3. The van der Waals surface area contributed by atoms with E-state index in [1.54, 1.807) is 29.2 Å². The summed E-state index contributed by atoms with van der Waals surface area (Å²) in [5.74, 6) is 0.312. The number of urea groups is 1. The predicted octanol–water partition coefficient (Wildman–Crippen LogP) is 1.95. The Balaban J connectivity index is 1.31.